The Kier molecular flexibility index (Phi) is 2.51. The van der Waals surface area contributed by atoms with Gasteiger partial charge in [-0.15, -0.1) is 0 Å². The Bertz CT molecular complexity index is 524. The Balaban J connectivity index is 3.57. The van der Waals surface area contributed by atoms with Gasteiger partial charge in [0.25, 0.3) is 5.69 Å². The van der Waals surface area contributed by atoms with Crippen LogP contribution in [-0.2, 0) is 10.0 Å². The summed E-state index contributed by atoms with van der Waals surface area (Å²) < 4.78 is 21.9. The molecule has 0 bridgehead atoms. The molecule has 0 aromatic heterocycles. The third-order valence-electron chi connectivity index (χ3n) is 1.69. The van der Waals surface area contributed by atoms with E-state index in [0.29, 0.717) is 0 Å². The molecular formula is C6H8N4O4S. The normalized spacial score (nSPS) is 11.3. The average molecular weight is 232 g/mol. The molecule has 0 saturated carbocycles. The van der Waals surface area contributed by atoms with E-state index in [0.717, 1.165) is 12.1 Å². The Labute approximate surface area is 84.9 Å². The van der Waals surface area contributed by atoms with Crippen LogP contribution in [0.4, 0.5) is 17.1 Å². The molecule has 0 heterocycles. The summed E-state index contributed by atoms with van der Waals surface area (Å²) in [5, 5.41) is 15.3. The number of nitrogens with zero attached hydrogens (tertiary/aromatic N) is 1. The molecule has 1 rings (SSSR count). The molecule has 0 radical (unpaired) electrons. The lowest BCUT2D eigenvalue weighted by Crippen LogP contribution is -2.13. The molecule has 6 N–H and O–H groups in total. The van der Waals surface area contributed by atoms with Crippen molar-refractivity contribution in [2.45, 2.75) is 4.90 Å². The first-order valence-corrected chi connectivity index (χ1v) is 5.14. The number of anilines is 2. The number of nitro benzene ring substituents is 1. The van der Waals surface area contributed by atoms with E-state index in [1.54, 1.807) is 0 Å². The summed E-state index contributed by atoms with van der Waals surface area (Å²) in [4.78, 5) is 9.21. The SMILES string of the molecule is Nc1cc(S(N)(=O)=O)cc([N+](=O)[O-])c1N. The van der Waals surface area contributed by atoms with Crippen molar-refractivity contribution in [3.8, 4) is 0 Å². The van der Waals surface area contributed by atoms with Crippen LogP contribution in [0.2, 0.25) is 0 Å². The quantitative estimate of drug-likeness (QED) is 0.351. The van der Waals surface area contributed by atoms with Gasteiger partial charge in [0, 0.05) is 6.07 Å². The first-order valence-electron chi connectivity index (χ1n) is 3.59. The average Bonchev–Trinajstić information content (AvgIpc) is 2.06. The molecule has 0 aliphatic heterocycles. The van der Waals surface area contributed by atoms with E-state index in [9.17, 15) is 18.5 Å². The number of nitrogen functional groups attached to an aromatic ring is 2. The van der Waals surface area contributed by atoms with E-state index in [-0.39, 0.29) is 11.4 Å². The van der Waals surface area contributed by atoms with Crippen molar-refractivity contribution in [3.05, 3.63) is 22.2 Å². The number of rotatable bonds is 2. The summed E-state index contributed by atoms with van der Waals surface area (Å²) >= 11 is 0. The highest BCUT2D eigenvalue weighted by atomic mass is 32.2. The maximum Gasteiger partial charge on any atom is 0.295 e. The molecule has 1 aromatic carbocycles. The zero-order valence-corrected chi connectivity index (χ0v) is 8.19. The van der Waals surface area contributed by atoms with Gasteiger partial charge in [0.1, 0.15) is 5.69 Å². The molecule has 0 amide bonds. The second kappa shape index (κ2) is 3.37. The van der Waals surface area contributed by atoms with Crippen LogP contribution >= 0.6 is 0 Å². The van der Waals surface area contributed by atoms with Crippen molar-refractivity contribution >= 4 is 27.1 Å². The van der Waals surface area contributed by atoms with Gasteiger partial charge in [0.15, 0.2) is 0 Å². The van der Waals surface area contributed by atoms with Crippen molar-refractivity contribution < 1.29 is 13.3 Å². The third kappa shape index (κ3) is 2.14. The van der Waals surface area contributed by atoms with Gasteiger partial charge in [0.05, 0.1) is 15.5 Å². The Morgan fingerprint density at radius 1 is 1.27 bits per heavy atom. The van der Waals surface area contributed by atoms with Crippen LogP contribution < -0.4 is 16.6 Å². The first-order chi connectivity index (χ1) is 6.73. The van der Waals surface area contributed by atoms with E-state index in [1.165, 1.54) is 0 Å². The number of nitrogens with two attached hydrogens (primary N) is 3. The smallest absolute Gasteiger partial charge is 0.295 e. The third-order valence-corrected chi connectivity index (χ3v) is 2.58. The lowest BCUT2D eigenvalue weighted by atomic mass is 10.2. The minimum Gasteiger partial charge on any atom is -0.397 e. The van der Waals surface area contributed by atoms with Crippen LogP contribution in [0.5, 0.6) is 0 Å². The van der Waals surface area contributed by atoms with Crippen LogP contribution in [-0.4, -0.2) is 13.3 Å². The van der Waals surface area contributed by atoms with Crippen LogP contribution in [0.25, 0.3) is 0 Å². The van der Waals surface area contributed by atoms with Crippen molar-refractivity contribution in [1.29, 1.82) is 0 Å². The molecule has 0 aliphatic rings. The lowest BCUT2D eigenvalue weighted by Gasteiger charge is -2.04. The number of hydrogen-bond acceptors (Lipinski definition) is 6. The predicted molar refractivity (Wildman–Crippen MR) is 53.3 cm³/mol. The summed E-state index contributed by atoms with van der Waals surface area (Å²) in [7, 11) is -4.04. The molecular weight excluding hydrogens is 224 g/mol. The molecule has 0 fully saturated rings. The lowest BCUT2D eigenvalue weighted by molar-refractivity contribution is -0.384. The summed E-state index contributed by atoms with van der Waals surface area (Å²) in [5.41, 5.74) is 9.53. The summed E-state index contributed by atoms with van der Waals surface area (Å²) in [6, 6.07) is 1.73. The molecule has 0 saturated heterocycles. The topological polar surface area (TPSA) is 155 Å². The van der Waals surface area contributed by atoms with Crippen LogP contribution in [0.15, 0.2) is 17.0 Å². The van der Waals surface area contributed by atoms with Gasteiger partial charge in [-0.3, -0.25) is 10.1 Å². The molecule has 0 atom stereocenters. The highest BCUT2D eigenvalue weighted by Gasteiger charge is 2.20. The minimum atomic E-state index is -4.04. The maximum atomic E-state index is 10.9. The molecule has 0 unspecified atom stereocenters. The van der Waals surface area contributed by atoms with Gasteiger partial charge in [-0.05, 0) is 6.07 Å². The number of nitro groups is 1. The highest BCUT2D eigenvalue weighted by molar-refractivity contribution is 7.89. The summed E-state index contributed by atoms with van der Waals surface area (Å²) in [6.07, 6.45) is 0. The highest BCUT2D eigenvalue weighted by Crippen LogP contribution is 2.30. The fourth-order valence-electron chi connectivity index (χ4n) is 0.948. The van der Waals surface area contributed by atoms with E-state index >= 15 is 0 Å². The second-order valence-electron chi connectivity index (χ2n) is 2.75. The van der Waals surface area contributed by atoms with Crippen molar-refractivity contribution in [2.24, 2.45) is 5.14 Å². The zero-order valence-electron chi connectivity index (χ0n) is 7.38. The fraction of sp³-hybridized carbons (Fsp3) is 0. The van der Waals surface area contributed by atoms with Gasteiger partial charge >= 0.3 is 0 Å². The van der Waals surface area contributed by atoms with Gasteiger partial charge in [-0.2, -0.15) is 0 Å². The van der Waals surface area contributed by atoms with Crippen LogP contribution in [0, 0.1) is 10.1 Å². The minimum absolute atomic E-state index is 0.201. The molecule has 9 heteroatoms. The van der Waals surface area contributed by atoms with Crippen molar-refractivity contribution in [1.82, 2.24) is 0 Å². The molecule has 8 nitrogen and oxygen atoms in total. The summed E-state index contributed by atoms with van der Waals surface area (Å²) in [6.45, 7) is 0. The summed E-state index contributed by atoms with van der Waals surface area (Å²) in [5.74, 6) is 0. The molecule has 0 spiro atoms. The Morgan fingerprint density at radius 2 is 1.80 bits per heavy atom. The number of benzene rings is 1. The first kappa shape index (κ1) is 11.2. The molecule has 15 heavy (non-hydrogen) atoms. The van der Waals surface area contributed by atoms with Crippen LogP contribution in [0.3, 0.4) is 0 Å². The van der Waals surface area contributed by atoms with Gasteiger partial charge in [0.2, 0.25) is 10.0 Å². The maximum absolute atomic E-state index is 10.9. The van der Waals surface area contributed by atoms with Gasteiger partial charge in [-0.25, -0.2) is 13.6 Å². The fourth-order valence-corrected chi connectivity index (χ4v) is 1.52. The number of primary sulfonamides is 1. The second-order valence-corrected chi connectivity index (χ2v) is 4.31. The van der Waals surface area contributed by atoms with E-state index < -0.39 is 25.5 Å². The molecule has 82 valence electrons. The van der Waals surface area contributed by atoms with E-state index in [4.69, 9.17) is 16.6 Å². The molecule has 0 aliphatic carbocycles. The molecule has 1 aromatic rings. The Morgan fingerprint density at radius 3 is 2.20 bits per heavy atom. The van der Waals surface area contributed by atoms with Gasteiger partial charge in [-0.1, -0.05) is 0 Å². The van der Waals surface area contributed by atoms with Crippen molar-refractivity contribution in [3.63, 3.8) is 0 Å². The number of sulfonamides is 1. The standard InChI is InChI=1S/C6H8N4O4S/c7-4-1-3(15(9,13)14)2-5(6(4)8)10(11)12/h1-2H,7-8H2,(H2,9,13,14). The van der Waals surface area contributed by atoms with Gasteiger partial charge < -0.3 is 11.5 Å². The van der Waals surface area contributed by atoms with Crippen LogP contribution in [0.1, 0.15) is 0 Å². The predicted octanol–water partition coefficient (Wildman–Crippen LogP) is -0.593. The largest absolute Gasteiger partial charge is 0.397 e. The van der Waals surface area contributed by atoms with E-state index in [2.05, 4.69) is 0 Å². The van der Waals surface area contributed by atoms with E-state index in [1.807, 2.05) is 0 Å². The number of hydrogen-bond donors (Lipinski definition) is 3. The zero-order chi connectivity index (χ0) is 11.8. The van der Waals surface area contributed by atoms with Crippen molar-refractivity contribution in [2.75, 3.05) is 11.5 Å². The monoisotopic (exact) mass is 232 g/mol. The Hall–Kier alpha value is -1.87.